The summed E-state index contributed by atoms with van der Waals surface area (Å²) in [4.78, 5) is 0. The molecule has 0 spiro atoms. The largest absolute Gasteiger partial charge is 0.0916 e. The predicted octanol–water partition coefficient (Wildman–Crippen LogP) is 4.41. The van der Waals surface area contributed by atoms with Crippen LogP contribution in [0.3, 0.4) is 0 Å². The van der Waals surface area contributed by atoms with Crippen LogP contribution in [0.2, 0.25) is 5.02 Å². The highest BCUT2D eigenvalue weighted by Gasteiger charge is 2.02. The molecule has 0 amide bonds. The maximum absolute atomic E-state index is 5.90. The highest BCUT2D eigenvalue weighted by Crippen LogP contribution is 2.22. The maximum atomic E-state index is 5.90. The fraction of sp³-hybridized carbons (Fsp3) is 0.333. The van der Waals surface area contributed by atoms with Crippen LogP contribution in [0.4, 0.5) is 0 Å². The highest BCUT2D eigenvalue weighted by atomic mass is 35.5. The molecule has 0 aromatic heterocycles. The minimum atomic E-state index is 0.551. The van der Waals surface area contributed by atoms with E-state index in [1.54, 1.807) is 0 Å². The Labute approximate surface area is 85.2 Å². The van der Waals surface area contributed by atoms with Crippen molar-refractivity contribution in [3.05, 3.63) is 47.0 Å². The Morgan fingerprint density at radius 2 is 2.23 bits per heavy atom. The zero-order valence-corrected chi connectivity index (χ0v) is 8.88. The lowest BCUT2D eigenvalue weighted by molar-refractivity contribution is 0.780. The first-order chi connectivity index (χ1) is 6.24. The van der Waals surface area contributed by atoms with Gasteiger partial charge in [0.2, 0.25) is 0 Å². The van der Waals surface area contributed by atoms with Gasteiger partial charge in [0, 0.05) is 5.02 Å². The molecule has 0 nitrogen and oxygen atoms in total. The Bertz CT molecular complexity index is 289. The van der Waals surface area contributed by atoms with Gasteiger partial charge in [-0.05, 0) is 37.0 Å². The Kier molecular flexibility index (Phi) is 4.04. The second-order valence-electron chi connectivity index (χ2n) is 3.26. The van der Waals surface area contributed by atoms with Crippen LogP contribution in [0.5, 0.6) is 0 Å². The third-order valence-electron chi connectivity index (χ3n) is 2.14. The van der Waals surface area contributed by atoms with Gasteiger partial charge in [-0.1, -0.05) is 42.8 Å². The van der Waals surface area contributed by atoms with E-state index >= 15 is 0 Å². The number of halogens is 1. The molecule has 0 saturated heterocycles. The predicted molar refractivity (Wildman–Crippen MR) is 59.3 cm³/mol. The molecular formula is C12H15Cl. The van der Waals surface area contributed by atoms with E-state index in [0.717, 1.165) is 11.4 Å². The number of rotatable bonds is 3. The van der Waals surface area contributed by atoms with E-state index in [1.165, 1.54) is 5.56 Å². The zero-order chi connectivity index (χ0) is 9.68. The van der Waals surface area contributed by atoms with Gasteiger partial charge < -0.3 is 0 Å². The van der Waals surface area contributed by atoms with Gasteiger partial charge in [0.05, 0.1) is 0 Å². The van der Waals surface area contributed by atoms with Gasteiger partial charge in [-0.3, -0.25) is 0 Å². The molecule has 0 aliphatic heterocycles. The first-order valence-electron chi connectivity index (χ1n) is 4.60. The summed E-state index contributed by atoms with van der Waals surface area (Å²) in [6.45, 7) is 4.26. The molecule has 1 rings (SSSR count). The lowest BCUT2D eigenvalue weighted by atomic mass is 9.98. The molecule has 1 aromatic carbocycles. The summed E-state index contributed by atoms with van der Waals surface area (Å²) in [6.07, 6.45) is 5.35. The van der Waals surface area contributed by atoms with Crippen molar-refractivity contribution >= 4 is 11.6 Å². The van der Waals surface area contributed by atoms with E-state index < -0.39 is 0 Å². The van der Waals surface area contributed by atoms with Crippen LogP contribution in [0.15, 0.2) is 36.4 Å². The van der Waals surface area contributed by atoms with Gasteiger partial charge in [-0.15, -0.1) is 0 Å². The van der Waals surface area contributed by atoms with Crippen LogP contribution >= 0.6 is 11.6 Å². The Hall–Kier alpha value is -0.750. The van der Waals surface area contributed by atoms with Gasteiger partial charge in [0.1, 0.15) is 0 Å². The number of hydrogen-bond donors (Lipinski definition) is 0. The summed E-state index contributed by atoms with van der Waals surface area (Å²) in [7, 11) is 0. The van der Waals surface area contributed by atoms with Crippen LogP contribution in [0, 0.1) is 0 Å². The minimum absolute atomic E-state index is 0.551. The molecule has 0 radical (unpaired) electrons. The van der Waals surface area contributed by atoms with Crippen molar-refractivity contribution in [2.75, 3.05) is 0 Å². The van der Waals surface area contributed by atoms with Gasteiger partial charge in [-0.2, -0.15) is 0 Å². The van der Waals surface area contributed by atoms with Gasteiger partial charge >= 0.3 is 0 Å². The summed E-state index contributed by atoms with van der Waals surface area (Å²) in [6, 6.07) is 8.08. The zero-order valence-electron chi connectivity index (χ0n) is 8.13. The fourth-order valence-electron chi connectivity index (χ4n) is 1.29. The van der Waals surface area contributed by atoms with Crippen molar-refractivity contribution < 1.29 is 0 Å². The molecule has 0 bridgehead atoms. The molecule has 0 aliphatic carbocycles. The van der Waals surface area contributed by atoms with Gasteiger partial charge in [-0.25, -0.2) is 0 Å². The topological polar surface area (TPSA) is 0 Å². The molecule has 1 aromatic rings. The molecule has 0 fully saturated rings. The average molecular weight is 195 g/mol. The summed E-state index contributed by atoms with van der Waals surface area (Å²) >= 11 is 5.90. The molecule has 0 saturated carbocycles. The van der Waals surface area contributed by atoms with Crippen molar-refractivity contribution in [1.82, 2.24) is 0 Å². The summed E-state index contributed by atoms with van der Waals surface area (Å²) in [5, 5.41) is 0.824. The van der Waals surface area contributed by atoms with E-state index in [-0.39, 0.29) is 0 Å². The van der Waals surface area contributed by atoms with Gasteiger partial charge in [0.15, 0.2) is 0 Å². The third-order valence-corrected chi connectivity index (χ3v) is 2.38. The SMILES string of the molecule is C/C=C\CC(C)c1cccc(Cl)c1. The Morgan fingerprint density at radius 1 is 1.46 bits per heavy atom. The summed E-state index contributed by atoms with van der Waals surface area (Å²) < 4.78 is 0. The van der Waals surface area contributed by atoms with Crippen molar-refractivity contribution in [3.63, 3.8) is 0 Å². The molecular weight excluding hydrogens is 180 g/mol. The second-order valence-corrected chi connectivity index (χ2v) is 3.70. The monoisotopic (exact) mass is 194 g/mol. The van der Waals surface area contributed by atoms with Crippen LogP contribution < -0.4 is 0 Å². The molecule has 1 unspecified atom stereocenters. The highest BCUT2D eigenvalue weighted by molar-refractivity contribution is 6.30. The number of benzene rings is 1. The smallest absolute Gasteiger partial charge is 0.0408 e. The minimum Gasteiger partial charge on any atom is -0.0916 e. The molecule has 0 heterocycles. The lowest BCUT2D eigenvalue weighted by Gasteiger charge is -2.08. The number of hydrogen-bond acceptors (Lipinski definition) is 0. The van der Waals surface area contributed by atoms with Crippen LogP contribution in [-0.4, -0.2) is 0 Å². The van der Waals surface area contributed by atoms with Gasteiger partial charge in [0.25, 0.3) is 0 Å². The van der Waals surface area contributed by atoms with Crippen molar-refractivity contribution in [2.24, 2.45) is 0 Å². The molecule has 0 N–H and O–H groups in total. The first kappa shape index (κ1) is 10.3. The quantitative estimate of drug-likeness (QED) is 0.626. The van der Waals surface area contributed by atoms with Crippen LogP contribution in [-0.2, 0) is 0 Å². The molecule has 13 heavy (non-hydrogen) atoms. The Morgan fingerprint density at radius 3 is 2.85 bits per heavy atom. The molecule has 1 heteroatoms. The van der Waals surface area contributed by atoms with E-state index in [9.17, 15) is 0 Å². The first-order valence-corrected chi connectivity index (χ1v) is 4.98. The second kappa shape index (κ2) is 5.08. The fourth-order valence-corrected chi connectivity index (χ4v) is 1.49. The average Bonchev–Trinajstić information content (AvgIpc) is 2.14. The van der Waals surface area contributed by atoms with E-state index in [1.807, 2.05) is 25.1 Å². The van der Waals surface area contributed by atoms with E-state index in [0.29, 0.717) is 5.92 Å². The van der Waals surface area contributed by atoms with Crippen LogP contribution in [0.1, 0.15) is 31.7 Å². The summed E-state index contributed by atoms with van der Waals surface area (Å²) in [5.74, 6) is 0.551. The molecule has 70 valence electrons. The maximum Gasteiger partial charge on any atom is 0.0408 e. The third kappa shape index (κ3) is 3.23. The number of allylic oxidation sites excluding steroid dienone is 2. The molecule has 1 atom stereocenters. The van der Waals surface area contributed by atoms with Crippen molar-refractivity contribution in [2.45, 2.75) is 26.2 Å². The van der Waals surface area contributed by atoms with Crippen LogP contribution in [0.25, 0.3) is 0 Å². The van der Waals surface area contributed by atoms with Crippen molar-refractivity contribution in [3.8, 4) is 0 Å². The lowest BCUT2D eigenvalue weighted by Crippen LogP contribution is -1.90. The molecule has 0 aliphatic rings. The normalized spacial score (nSPS) is 13.5. The van der Waals surface area contributed by atoms with E-state index in [4.69, 9.17) is 11.6 Å². The van der Waals surface area contributed by atoms with E-state index in [2.05, 4.69) is 25.1 Å². The Balaban J connectivity index is 2.70. The van der Waals surface area contributed by atoms with Crippen molar-refractivity contribution in [1.29, 1.82) is 0 Å². The summed E-state index contributed by atoms with van der Waals surface area (Å²) in [5.41, 5.74) is 1.31. The standard InChI is InChI=1S/C12H15Cl/c1-3-4-6-10(2)11-7-5-8-12(13)9-11/h3-5,7-10H,6H2,1-2H3/b4-3-.